The second kappa shape index (κ2) is 4.65. The first-order chi connectivity index (χ1) is 7.38. The van der Waals surface area contributed by atoms with Gasteiger partial charge in [0.1, 0.15) is 0 Å². The molecular weight excluding hydrogens is 190 g/mol. The van der Waals surface area contributed by atoms with Crippen molar-refractivity contribution in [2.75, 3.05) is 0 Å². The molecule has 15 heavy (non-hydrogen) atoms. The smallest absolute Gasteiger partial charge is 0.188 e. The molecule has 0 aliphatic heterocycles. The van der Waals surface area contributed by atoms with Crippen LogP contribution in [0.25, 0.3) is 0 Å². The minimum Gasteiger partial charge on any atom is -0.324 e. The van der Waals surface area contributed by atoms with Crippen LogP contribution in [0.5, 0.6) is 0 Å². The lowest BCUT2D eigenvalue weighted by molar-refractivity contribution is 0.520. The zero-order chi connectivity index (χ0) is 10.5. The first kappa shape index (κ1) is 9.79. The lowest BCUT2D eigenvalue weighted by Gasteiger charge is -1.98. The molecule has 0 saturated heterocycles. The van der Waals surface area contributed by atoms with Crippen LogP contribution in [-0.2, 0) is 19.5 Å². The van der Waals surface area contributed by atoms with E-state index in [9.17, 15) is 0 Å². The maximum absolute atomic E-state index is 5.39. The molecule has 2 aromatic rings. The van der Waals surface area contributed by atoms with Gasteiger partial charge in [0.15, 0.2) is 5.82 Å². The van der Waals surface area contributed by atoms with Crippen molar-refractivity contribution >= 4 is 0 Å². The van der Waals surface area contributed by atoms with Crippen molar-refractivity contribution in [3.05, 3.63) is 41.7 Å². The molecule has 0 spiro atoms. The molecule has 2 rings (SSSR count). The van der Waals surface area contributed by atoms with Gasteiger partial charge in [-0.1, -0.05) is 30.3 Å². The number of hydrogen-bond donors (Lipinski definition) is 1. The summed E-state index contributed by atoms with van der Waals surface area (Å²) in [5, 5.41) is 11.8. The molecule has 5 heteroatoms. The van der Waals surface area contributed by atoms with E-state index in [1.807, 2.05) is 18.2 Å². The molecule has 78 valence electrons. The van der Waals surface area contributed by atoms with Crippen LogP contribution in [0.3, 0.4) is 0 Å². The van der Waals surface area contributed by atoms with Crippen molar-refractivity contribution in [2.24, 2.45) is 5.73 Å². The van der Waals surface area contributed by atoms with Crippen LogP contribution in [-0.4, -0.2) is 20.2 Å². The van der Waals surface area contributed by atoms with Gasteiger partial charge >= 0.3 is 0 Å². The molecule has 1 aromatic carbocycles. The van der Waals surface area contributed by atoms with E-state index in [1.54, 1.807) is 4.80 Å². The maximum Gasteiger partial charge on any atom is 0.188 e. The predicted octanol–water partition coefficient (Wildman–Crippen LogP) is 0.374. The average molecular weight is 203 g/mol. The van der Waals surface area contributed by atoms with Crippen LogP contribution in [0, 0.1) is 0 Å². The molecular formula is C10H13N5. The van der Waals surface area contributed by atoms with Crippen LogP contribution < -0.4 is 5.73 Å². The topological polar surface area (TPSA) is 69.6 Å². The fourth-order valence-corrected chi connectivity index (χ4v) is 1.33. The van der Waals surface area contributed by atoms with Gasteiger partial charge in [-0.2, -0.15) is 4.80 Å². The fraction of sp³-hybridized carbons (Fsp3) is 0.300. The van der Waals surface area contributed by atoms with E-state index in [0.717, 1.165) is 13.0 Å². The predicted molar refractivity (Wildman–Crippen MR) is 55.9 cm³/mol. The molecule has 0 amide bonds. The monoisotopic (exact) mass is 203 g/mol. The number of benzene rings is 1. The van der Waals surface area contributed by atoms with Crippen LogP contribution in [0.15, 0.2) is 30.3 Å². The van der Waals surface area contributed by atoms with E-state index in [0.29, 0.717) is 12.4 Å². The van der Waals surface area contributed by atoms with E-state index in [-0.39, 0.29) is 0 Å². The standard InChI is InChI=1S/C10H13N5/c11-8-10-12-14-15(13-10)7-6-9-4-2-1-3-5-9/h1-5H,6-8,11H2. The lowest BCUT2D eigenvalue weighted by Crippen LogP contribution is -2.06. The Morgan fingerprint density at radius 2 is 2.00 bits per heavy atom. The summed E-state index contributed by atoms with van der Waals surface area (Å²) in [6.07, 6.45) is 0.904. The highest BCUT2D eigenvalue weighted by Crippen LogP contribution is 2.00. The van der Waals surface area contributed by atoms with E-state index >= 15 is 0 Å². The Balaban J connectivity index is 1.93. The first-order valence-electron chi connectivity index (χ1n) is 4.89. The van der Waals surface area contributed by atoms with Gasteiger partial charge in [-0.05, 0) is 17.2 Å². The highest BCUT2D eigenvalue weighted by Gasteiger charge is 2.00. The summed E-state index contributed by atoms with van der Waals surface area (Å²) in [5.74, 6) is 0.586. The van der Waals surface area contributed by atoms with Crippen molar-refractivity contribution in [3.63, 3.8) is 0 Å². The third-order valence-corrected chi connectivity index (χ3v) is 2.12. The zero-order valence-electron chi connectivity index (χ0n) is 8.37. The minimum absolute atomic E-state index is 0.339. The largest absolute Gasteiger partial charge is 0.324 e. The molecule has 0 radical (unpaired) electrons. The Kier molecular flexibility index (Phi) is 3.04. The molecule has 0 bridgehead atoms. The van der Waals surface area contributed by atoms with Gasteiger partial charge < -0.3 is 5.73 Å². The number of nitrogens with zero attached hydrogens (tertiary/aromatic N) is 4. The molecule has 2 N–H and O–H groups in total. The fourth-order valence-electron chi connectivity index (χ4n) is 1.33. The summed E-state index contributed by atoms with van der Waals surface area (Å²) in [4.78, 5) is 1.58. The number of aryl methyl sites for hydroxylation is 2. The molecule has 5 nitrogen and oxygen atoms in total. The van der Waals surface area contributed by atoms with Gasteiger partial charge in [0.05, 0.1) is 13.1 Å². The Labute approximate surface area is 87.9 Å². The summed E-state index contributed by atoms with van der Waals surface area (Å²) in [6, 6.07) is 10.2. The van der Waals surface area contributed by atoms with Gasteiger partial charge in [0, 0.05) is 0 Å². The molecule has 0 unspecified atom stereocenters. The normalized spacial score (nSPS) is 10.5. The van der Waals surface area contributed by atoms with Crippen molar-refractivity contribution < 1.29 is 0 Å². The van der Waals surface area contributed by atoms with Crippen LogP contribution in [0.2, 0.25) is 0 Å². The van der Waals surface area contributed by atoms with Gasteiger partial charge in [-0.3, -0.25) is 0 Å². The first-order valence-corrected chi connectivity index (χ1v) is 4.89. The Hall–Kier alpha value is -1.75. The van der Waals surface area contributed by atoms with E-state index in [4.69, 9.17) is 5.73 Å². The molecule has 1 aromatic heterocycles. The average Bonchev–Trinajstić information content (AvgIpc) is 2.76. The number of hydrogen-bond acceptors (Lipinski definition) is 4. The summed E-state index contributed by atoms with van der Waals surface area (Å²) in [5.41, 5.74) is 6.66. The highest BCUT2D eigenvalue weighted by atomic mass is 15.6. The van der Waals surface area contributed by atoms with Crippen LogP contribution in [0.1, 0.15) is 11.4 Å². The Morgan fingerprint density at radius 1 is 1.20 bits per heavy atom. The number of nitrogens with two attached hydrogens (primary N) is 1. The highest BCUT2D eigenvalue weighted by molar-refractivity contribution is 5.14. The van der Waals surface area contributed by atoms with E-state index < -0.39 is 0 Å². The summed E-state index contributed by atoms with van der Waals surface area (Å²) in [6.45, 7) is 1.07. The van der Waals surface area contributed by atoms with E-state index in [2.05, 4.69) is 27.5 Å². The van der Waals surface area contributed by atoms with Gasteiger partial charge in [0.25, 0.3) is 0 Å². The molecule has 0 aliphatic rings. The van der Waals surface area contributed by atoms with Crippen molar-refractivity contribution in [1.82, 2.24) is 20.2 Å². The second-order valence-electron chi connectivity index (χ2n) is 3.24. The molecule has 0 fully saturated rings. The quantitative estimate of drug-likeness (QED) is 0.779. The van der Waals surface area contributed by atoms with Gasteiger partial charge in [-0.15, -0.1) is 10.2 Å². The van der Waals surface area contributed by atoms with Crippen molar-refractivity contribution in [1.29, 1.82) is 0 Å². The zero-order valence-corrected chi connectivity index (χ0v) is 8.37. The van der Waals surface area contributed by atoms with Crippen LogP contribution in [0.4, 0.5) is 0 Å². The number of aromatic nitrogens is 4. The molecule has 0 aliphatic carbocycles. The number of rotatable bonds is 4. The number of tetrazole rings is 1. The summed E-state index contributed by atoms with van der Waals surface area (Å²) in [7, 11) is 0. The van der Waals surface area contributed by atoms with Gasteiger partial charge in [0.2, 0.25) is 0 Å². The lowest BCUT2D eigenvalue weighted by atomic mass is 10.2. The summed E-state index contributed by atoms with van der Waals surface area (Å²) < 4.78 is 0. The third kappa shape index (κ3) is 2.60. The minimum atomic E-state index is 0.339. The maximum atomic E-state index is 5.39. The van der Waals surface area contributed by atoms with Crippen LogP contribution >= 0.6 is 0 Å². The SMILES string of the molecule is NCc1nnn(CCc2ccccc2)n1. The van der Waals surface area contributed by atoms with Crippen molar-refractivity contribution in [2.45, 2.75) is 19.5 Å². The second-order valence-corrected chi connectivity index (χ2v) is 3.24. The molecule has 0 atom stereocenters. The summed E-state index contributed by atoms with van der Waals surface area (Å²) >= 11 is 0. The Bertz CT molecular complexity index is 409. The Morgan fingerprint density at radius 3 is 2.67 bits per heavy atom. The third-order valence-electron chi connectivity index (χ3n) is 2.12. The van der Waals surface area contributed by atoms with Gasteiger partial charge in [-0.25, -0.2) is 0 Å². The van der Waals surface area contributed by atoms with E-state index in [1.165, 1.54) is 5.56 Å². The molecule has 1 heterocycles. The van der Waals surface area contributed by atoms with Crippen molar-refractivity contribution in [3.8, 4) is 0 Å². The molecule has 0 saturated carbocycles.